The number of aliphatic hydroxyl groups is 10. The molecular weight excluding hydrogens is 895 g/mol. The molecule has 3 heterocycles. The molecule has 15 N–H and O–H groups in total. The molecule has 0 saturated carbocycles. The number of fused-ring (bicyclic) bond motifs is 2. The predicted molar refractivity (Wildman–Crippen MR) is 253 cm³/mol. The summed E-state index contributed by atoms with van der Waals surface area (Å²) in [6.07, 6.45) is -11.7. The highest BCUT2D eigenvalue weighted by atomic mass is 16.4. The molecule has 0 fully saturated rings. The number of aromatic nitrogens is 5. The highest BCUT2D eigenvalue weighted by molar-refractivity contribution is 5.98. The Hall–Kier alpha value is -5.95. The van der Waals surface area contributed by atoms with Crippen molar-refractivity contribution in [2.45, 2.75) is 95.2 Å². The van der Waals surface area contributed by atoms with Crippen molar-refractivity contribution < 1.29 is 65.2 Å². The van der Waals surface area contributed by atoms with Gasteiger partial charge in [0.15, 0.2) is 28.2 Å². The fraction of sp³-hybridized carbons (Fsp3) is 0.438. The minimum Gasteiger partial charge on any atom is -0.394 e. The van der Waals surface area contributed by atoms with Gasteiger partial charge in [-0.2, -0.15) is 0 Å². The maximum absolute atomic E-state index is 13.4. The summed E-state index contributed by atoms with van der Waals surface area (Å²) in [4.78, 5) is 39.6. The molecule has 0 radical (unpaired) electrons. The van der Waals surface area contributed by atoms with Crippen molar-refractivity contribution in [3.8, 4) is 11.1 Å². The van der Waals surface area contributed by atoms with Crippen molar-refractivity contribution in [1.82, 2.24) is 35.1 Å². The van der Waals surface area contributed by atoms with Gasteiger partial charge in [0, 0.05) is 44.0 Å². The number of anilines is 1. The molecule has 69 heavy (non-hydrogen) atoms. The van der Waals surface area contributed by atoms with Crippen molar-refractivity contribution in [2.75, 3.05) is 45.1 Å². The van der Waals surface area contributed by atoms with Crippen LogP contribution in [0.5, 0.6) is 0 Å². The summed E-state index contributed by atoms with van der Waals surface area (Å²) in [7, 11) is 0. The average Bonchev–Trinajstić information content (AvgIpc) is 3.96. The second-order valence-corrected chi connectivity index (χ2v) is 17.0. The van der Waals surface area contributed by atoms with E-state index < -0.39 is 68.0 Å². The molecule has 8 atom stereocenters. The normalized spacial score (nSPS) is 15.4. The minimum atomic E-state index is -1.88. The van der Waals surface area contributed by atoms with Gasteiger partial charge in [-0.25, -0.2) is 19.1 Å². The van der Waals surface area contributed by atoms with Crippen molar-refractivity contribution >= 4 is 39.8 Å². The van der Waals surface area contributed by atoms with E-state index in [9.17, 15) is 50.4 Å². The number of aromatic amines is 1. The lowest BCUT2D eigenvalue weighted by Crippen LogP contribution is -2.53. The zero-order valence-electron chi connectivity index (χ0n) is 38.5. The van der Waals surface area contributed by atoms with Gasteiger partial charge in [-0.05, 0) is 67.1 Å². The molecule has 0 bridgehead atoms. The Kier molecular flexibility index (Phi) is 18.3. The molecule has 8 unspecified atom stereocenters. The maximum atomic E-state index is 13.4. The van der Waals surface area contributed by atoms with Crippen molar-refractivity contribution in [2.24, 2.45) is 0 Å². The van der Waals surface area contributed by atoms with E-state index in [0.29, 0.717) is 49.2 Å². The van der Waals surface area contributed by atoms with Gasteiger partial charge in [0.25, 0.3) is 17.6 Å². The summed E-state index contributed by atoms with van der Waals surface area (Å²) in [5.41, 5.74) is 13.1. The number of carbonyl (C=O) groups is 2. The van der Waals surface area contributed by atoms with Crippen LogP contribution in [0.4, 0.5) is 5.82 Å². The number of rotatable bonds is 25. The van der Waals surface area contributed by atoms with E-state index in [1.54, 1.807) is 18.3 Å². The van der Waals surface area contributed by atoms with Gasteiger partial charge in [0.1, 0.15) is 48.7 Å². The van der Waals surface area contributed by atoms with Crippen LogP contribution in [-0.2, 0) is 32.5 Å². The Morgan fingerprint density at radius 1 is 0.725 bits per heavy atom. The van der Waals surface area contributed by atoms with Crippen LogP contribution in [0.1, 0.15) is 51.6 Å². The molecular formula is C48H64N9O12+. The summed E-state index contributed by atoms with van der Waals surface area (Å²) < 4.78 is 4.16. The molecule has 21 nitrogen and oxygen atoms in total. The first-order chi connectivity index (χ1) is 33.1. The topological polar surface area (TPSA) is 340 Å². The van der Waals surface area contributed by atoms with Gasteiger partial charge in [-0.1, -0.05) is 48.5 Å². The number of carbonyl (C=O) groups excluding carboxylic acids is 2. The number of aliphatic hydroxyl groups excluding tert-OH is 10. The highest BCUT2D eigenvalue weighted by Gasteiger charge is 2.34. The maximum Gasteiger partial charge on any atom is 0.277 e. The molecule has 3 aromatic heterocycles. The van der Waals surface area contributed by atoms with Crippen LogP contribution in [0.2, 0.25) is 0 Å². The van der Waals surface area contributed by atoms with Gasteiger partial charge in [0.2, 0.25) is 0 Å². The third kappa shape index (κ3) is 12.6. The van der Waals surface area contributed by atoms with E-state index in [0.717, 1.165) is 39.1 Å². The molecule has 0 aliphatic carbocycles. The van der Waals surface area contributed by atoms with Crippen LogP contribution in [0.3, 0.4) is 0 Å². The molecule has 6 rings (SSSR count). The number of aryl methyl sites for hydroxylation is 2. The fourth-order valence-corrected chi connectivity index (χ4v) is 8.29. The first-order valence-corrected chi connectivity index (χ1v) is 22.9. The number of benzene rings is 3. The Bertz CT molecular complexity index is 2600. The predicted octanol–water partition coefficient (Wildman–Crippen LogP) is -1.89. The summed E-state index contributed by atoms with van der Waals surface area (Å²) in [6, 6.07) is 22.9. The number of hydrogen-bond donors (Lipinski definition) is 14. The van der Waals surface area contributed by atoms with Gasteiger partial charge in [-0.3, -0.25) is 14.5 Å². The number of imidazole rings is 1. The summed E-state index contributed by atoms with van der Waals surface area (Å²) >= 11 is 0. The van der Waals surface area contributed by atoms with E-state index >= 15 is 0 Å². The van der Waals surface area contributed by atoms with E-state index in [4.69, 9.17) is 15.9 Å². The highest BCUT2D eigenvalue weighted by Crippen LogP contribution is 2.23. The van der Waals surface area contributed by atoms with E-state index in [1.807, 2.05) is 74.5 Å². The summed E-state index contributed by atoms with van der Waals surface area (Å²) in [5.74, 6) is 0.198. The number of nitrogen functional groups attached to an aromatic ring is 1. The zero-order valence-corrected chi connectivity index (χ0v) is 38.5. The SMILES string of the molecule is CCn1c(CNC(=O)c2nc3cc[nH]c3nc2N)[n+](CC)c2ccc(C(=O)NCCc3ccc(-c4ccc(CCN(CC(O)C(O)C(O)C(O)CO)CC(O)C(O)C(O)C(O)CO)cc4)cc3)cc21. The Morgan fingerprint density at radius 3 is 1.84 bits per heavy atom. The molecule has 0 saturated heterocycles. The third-order valence-electron chi connectivity index (χ3n) is 12.3. The van der Waals surface area contributed by atoms with Gasteiger partial charge < -0.3 is 72.4 Å². The van der Waals surface area contributed by atoms with Gasteiger partial charge in [-0.15, -0.1) is 0 Å². The third-order valence-corrected chi connectivity index (χ3v) is 12.3. The van der Waals surface area contributed by atoms with Crippen LogP contribution in [0.25, 0.3) is 33.3 Å². The Labute approximate surface area is 397 Å². The van der Waals surface area contributed by atoms with E-state index in [2.05, 4.69) is 34.7 Å². The Morgan fingerprint density at radius 2 is 1.29 bits per heavy atom. The van der Waals surface area contributed by atoms with E-state index in [1.165, 1.54) is 4.90 Å². The number of H-pyrrole nitrogens is 1. The van der Waals surface area contributed by atoms with Crippen LogP contribution in [0.15, 0.2) is 79.0 Å². The number of amides is 2. The second-order valence-electron chi connectivity index (χ2n) is 17.0. The van der Waals surface area contributed by atoms with Crippen molar-refractivity contribution in [3.63, 3.8) is 0 Å². The van der Waals surface area contributed by atoms with Crippen molar-refractivity contribution in [1.29, 1.82) is 0 Å². The van der Waals surface area contributed by atoms with Crippen molar-refractivity contribution in [3.05, 3.63) is 107 Å². The number of nitrogens with one attached hydrogen (secondary N) is 3. The molecule has 0 spiro atoms. The first kappa shape index (κ1) is 52.4. The molecule has 3 aromatic carbocycles. The fourth-order valence-electron chi connectivity index (χ4n) is 8.29. The first-order valence-electron chi connectivity index (χ1n) is 22.9. The van der Waals surface area contributed by atoms with Crippen LogP contribution in [-0.4, -0.2) is 176 Å². The lowest BCUT2D eigenvalue weighted by Gasteiger charge is -2.33. The number of nitrogens with zero attached hydrogens (tertiary/aromatic N) is 5. The van der Waals surface area contributed by atoms with E-state index in [-0.39, 0.29) is 43.6 Å². The summed E-state index contributed by atoms with van der Waals surface area (Å²) in [6.45, 7) is 3.53. The average molecular weight is 959 g/mol. The lowest BCUT2D eigenvalue weighted by molar-refractivity contribution is -0.676. The molecule has 0 aliphatic heterocycles. The second kappa shape index (κ2) is 24.1. The van der Waals surface area contributed by atoms with Crippen LogP contribution < -0.4 is 20.9 Å². The van der Waals surface area contributed by atoms with Crippen LogP contribution >= 0.6 is 0 Å². The largest absolute Gasteiger partial charge is 0.394 e. The Balaban J connectivity index is 1.03. The zero-order chi connectivity index (χ0) is 49.9. The van der Waals surface area contributed by atoms with Crippen LogP contribution in [0, 0.1) is 0 Å². The quantitative estimate of drug-likeness (QED) is 0.0279. The monoisotopic (exact) mass is 958 g/mol. The lowest BCUT2D eigenvalue weighted by atomic mass is 10.00. The number of nitrogens with two attached hydrogens (primary N) is 1. The minimum absolute atomic E-state index is 0.0228. The molecule has 372 valence electrons. The smallest absolute Gasteiger partial charge is 0.277 e. The standard InChI is InChI=1S/C48H63N9O12/c1-3-56-33-14-13-31(21-34(33)57(4-2)39(56)22-52-48(69)40-45(49)54-46-32(53-40)16-19-50-46)47(68)51-18-15-27-5-9-29(10-6-27)30-11-7-28(8-12-30)17-20-55(23-35(60)41(64)43(66)37(62)25-58)24-36(61)42(65)44(67)38(63)26-59/h5-14,16,19,21,35-38,41-44,58-67H,3-4,15,17-18,20,22-26H2,1-2H3,(H4-,49,50,51,52,53,54,68,69)/p+1. The molecule has 2 amide bonds. The van der Waals surface area contributed by atoms with Gasteiger partial charge >= 0.3 is 0 Å². The van der Waals surface area contributed by atoms with Gasteiger partial charge in [0.05, 0.1) is 38.5 Å². The summed E-state index contributed by atoms with van der Waals surface area (Å²) in [5, 5.41) is 106. The molecule has 0 aliphatic rings. The number of hydrogen-bond acceptors (Lipinski definition) is 16. The molecule has 21 heteroatoms. The molecule has 6 aromatic rings.